The molecule has 0 saturated carbocycles. The van der Waals surface area contributed by atoms with Crippen LogP contribution in [0.15, 0.2) is 35.9 Å². The summed E-state index contributed by atoms with van der Waals surface area (Å²) in [7, 11) is 0. The summed E-state index contributed by atoms with van der Waals surface area (Å²) in [6.45, 7) is 4.34. The molecule has 1 aliphatic rings. The average molecular weight is 287 g/mol. The van der Waals surface area contributed by atoms with E-state index in [0.717, 1.165) is 11.6 Å². The van der Waals surface area contributed by atoms with Gasteiger partial charge < -0.3 is 4.74 Å². The van der Waals surface area contributed by atoms with Crippen molar-refractivity contribution in [3.8, 4) is 0 Å². The molecule has 0 saturated heterocycles. The van der Waals surface area contributed by atoms with Crippen LogP contribution in [-0.4, -0.2) is 17.8 Å². The third-order valence-electron chi connectivity index (χ3n) is 3.19. The highest BCUT2D eigenvalue weighted by Crippen LogP contribution is 2.16. The van der Waals surface area contributed by atoms with E-state index >= 15 is 0 Å². The topological polar surface area (TPSA) is 72.5 Å². The second kappa shape index (κ2) is 6.35. The summed E-state index contributed by atoms with van der Waals surface area (Å²) in [5.41, 5.74) is 2.21. The van der Waals surface area contributed by atoms with Crippen molar-refractivity contribution < 1.29 is 19.1 Å². The fraction of sp³-hybridized carbons (Fsp3) is 0.312. The molecule has 0 unspecified atom stereocenters. The van der Waals surface area contributed by atoms with Gasteiger partial charge >= 0.3 is 5.97 Å². The lowest BCUT2D eigenvalue weighted by Crippen LogP contribution is -2.23. The summed E-state index contributed by atoms with van der Waals surface area (Å²) in [6, 6.07) is 7.81. The fourth-order valence-corrected chi connectivity index (χ4v) is 2.00. The third-order valence-corrected chi connectivity index (χ3v) is 3.19. The van der Waals surface area contributed by atoms with Crippen LogP contribution in [0.5, 0.6) is 0 Å². The van der Waals surface area contributed by atoms with E-state index in [-0.39, 0.29) is 18.6 Å². The van der Waals surface area contributed by atoms with Gasteiger partial charge in [0, 0.05) is 11.6 Å². The van der Waals surface area contributed by atoms with E-state index in [1.54, 1.807) is 0 Å². The van der Waals surface area contributed by atoms with E-state index in [1.807, 2.05) is 24.3 Å². The molecule has 0 spiro atoms. The molecule has 5 heteroatoms. The van der Waals surface area contributed by atoms with Gasteiger partial charge in [0.25, 0.3) is 11.8 Å². The van der Waals surface area contributed by atoms with Gasteiger partial charge in [0.1, 0.15) is 6.61 Å². The lowest BCUT2D eigenvalue weighted by molar-refractivity contribution is -0.144. The largest absolute Gasteiger partial charge is 0.461 e. The van der Waals surface area contributed by atoms with Crippen molar-refractivity contribution in [2.75, 3.05) is 0 Å². The lowest BCUT2D eigenvalue weighted by Gasteiger charge is -2.09. The summed E-state index contributed by atoms with van der Waals surface area (Å²) < 4.78 is 5.14. The van der Waals surface area contributed by atoms with Gasteiger partial charge in [-0.2, -0.15) is 0 Å². The van der Waals surface area contributed by atoms with Crippen LogP contribution in [0, 0.1) is 0 Å². The first kappa shape index (κ1) is 15.0. The molecule has 0 aromatic heterocycles. The highest BCUT2D eigenvalue weighted by atomic mass is 16.5. The van der Waals surface area contributed by atoms with Gasteiger partial charge in [-0.25, -0.2) is 0 Å². The number of hydrogen-bond acceptors (Lipinski definition) is 4. The molecule has 1 heterocycles. The molecule has 21 heavy (non-hydrogen) atoms. The Morgan fingerprint density at radius 3 is 2.67 bits per heavy atom. The average Bonchev–Trinajstić information content (AvgIpc) is 2.75. The Hall–Kier alpha value is -2.43. The van der Waals surface area contributed by atoms with Gasteiger partial charge in [-0.15, -0.1) is 0 Å². The minimum absolute atomic E-state index is 0.140. The van der Waals surface area contributed by atoms with E-state index in [1.165, 1.54) is 5.56 Å². The van der Waals surface area contributed by atoms with E-state index < -0.39 is 17.8 Å². The smallest absolute Gasteiger partial charge is 0.310 e. The number of hydrogen-bond donors (Lipinski definition) is 1. The van der Waals surface area contributed by atoms with E-state index in [2.05, 4.69) is 19.2 Å². The Kier molecular flexibility index (Phi) is 4.52. The van der Waals surface area contributed by atoms with Crippen LogP contribution in [0.4, 0.5) is 0 Å². The van der Waals surface area contributed by atoms with Crippen molar-refractivity contribution in [3.05, 3.63) is 47.0 Å². The van der Waals surface area contributed by atoms with E-state index in [9.17, 15) is 14.4 Å². The van der Waals surface area contributed by atoms with Gasteiger partial charge in [0.2, 0.25) is 0 Å². The molecular formula is C16H17NO4. The number of imide groups is 1. The van der Waals surface area contributed by atoms with E-state index in [0.29, 0.717) is 5.92 Å². The Morgan fingerprint density at radius 1 is 1.29 bits per heavy atom. The highest BCUT2D eigenvalue weighted by Gasteiger charge is 2.23. The molecule has 1 aliphatic heterocycles. The normalized spacial score (nSPS) is 14.1. The van der Waals surface area contributed by atoms with Crippen LogP contribution in [0.2, 0.25) is 0 Å². The Labute approximate surface area is 123 Å². The van der Waals surface area contributed by atoms with Crippen LogP contribution < -0.4 is 5.32 Å². The molecule has 110 valence electrons. The zero-order chi connectivity index (χ0) is 15.4. The summed E-state index contributed by atoms with van der Waals surface area (Å²) >= 11 is 0. The number of amides is 2. The van der Waals surface area contributed by atoms with Gasteiger partial charge in [-0.3, -0.25) is 19.7 Å². The first-order valence-electron chi connectivity index (χ1n) is 6.76. The zero-order valence-electron chi connectivity index (χ0n) is 12.0. The summed E-state index contributed by atoms with van der Waals surface area (Å²) in [4.78, 5) is 34.0. The Balaban J connectivity index is 1.90. The van der Waals surface area contributed by atoms with Gasteiger partial charge in [-0.1, -0.05) is 38.1 Å². The second-order valence-corrected chi connectivity index (χ2v) is 5.23. The molecule has 1 aromatic carbocycles. The molecule has 0 aliphatic carbocycles. The number of rotatable bonds is 5. The first-order valence-corrected chi connectivity index (χ1v) is 6.76. The number of carbonyl (C=O) groups excluding carboxylic acids is 3. The summed E-state index contributed by atoms with van der Waals surface area (Å²) in [5, 5.41) is 2.09. The van der Waals surface area contributed by atoms with Crippen molar-refractivity contribution in [1.82, 2.24) is 5.32 Å². The maximum absolute atomic E-state index is 11.7. The Morgan fingerprint density at radius 2 is 2.05 bits per heavy atom. The second-order valence-electron chi connectivity index (χ2n) is 5.23. The minimum atomic E-state index is -0.529. The third kappa shape index (κ3) is 4.02. The molecule has 5 nitrogen and oxygen atoms in total. The summed E-state index contributed by atoms with van der Waals surface area (Å²) in [5.74, 6) is -1.15. The van der Waals surface area contributed by atoms with Crippen molar-refractivity contribution in [3.63, 3.8) is 0 Å². The first-order chi connectivity index (χ1) is 9.95. The molecule has 0 atom stereocenters. The number of ether oxygens (including phenoxy) is 1. The molecule has 0 bridgehead atoms. The van der Waals surface area contributed by atoms with Crippen molar-refractivity contribution in [1.29, 1.82) is 0 Å². The molecule has 2 rings (SSSR count). The zero-order valence-corrected chi connectivity index (χ0v) is 12.0. The van der Waals surface area contributed by atoms with Crippen LogP contribution in [-0.2, 0) is 25.7 Å². The Bertz CT molecular complexity index is 616. The predicted octanol–water partition coefficient (Wildman–Crippen LogP) is 1.83. The fourth-order valence-electron chi connectivity index (χ4n) is 2.00. The molecule has 1 aromatic rings. The van der Waals surface area contributed by atoms with Crippen LogP contribution in [0.25, 0.3) is 0 Å². The summed E-state index contributed by atoms with van der Waals surface area (Å²) in [6.07, 6.45) is 0.935. The van der Waals surface area contributed by atoms with Crippen molar-refractivity contribution >= 4 is 17.8 Å². The van der Waals surface area contributed by atoms with Crippen LogP contribution >= 0.6 is 0 Å². The van der Waals surface area contributed by atoms with Gasteiger partial charge in [0.05, 0.1) is 6.42 Å². The quantitative estimate of drug-likeness (QED) is 0.662. The molecule has 0 radical (unpaired) electrons. The molecule has 1 N–H and O–H groups in total. The van der Waals surface area contributed by atoms with Gasteiger partial charge in [-0.05, 0) is 17.0 Å². The van der Waals surface area contributed by atoms with Crippen molar-refractivity contribution in [2.24, 2.45) is 0 Å². The number of esters is 1. The minimum Gasteiger partial charge on any atom is -0.461 e. The van der Waals surface area contributed by atoms with E-state index in [4.69, 9.17) is 4.74 Å². The number of nitrogens with one attached hydrogen (secondary N) is 1. The van der Waals surface area contributed by atoms with Crippen LogP contribution in [0.1, 0.15) is 37.3 Å². The maximum Gasteiger partial charge on any atom is 0.310 e. The highest BCUT2D eigenvalue weighted by molar-refractivity contribution is 6.17. The number of benzene rings is 1. The lowest BCUT2D eigenvalue weighted by atomic mass is 10.0. The maximum atomic E-state index is 11.7. The predicted molar refractivity (Wildman–Crippen MR) is 76.2 cm³/mol. The standard InChI is InChI=1S/C16H17NO4/c1-10(2)12-5-3-4-11(6-12)9-21-15(19)8-13-7-14(18)17-16(13)20/h3-7,10H,8-9H2,1-2H3,(H,17,18,20). The molecule has 0 fully saturated rings. The number of carbonyl (C=O) groups is 3. The van der Waals surface area contributed by atoms with Crippen LogP contribution in [0.3, 0.4) is 0 Å². The van der Waals surface area contributed by atoms with Crippen molar-refractivity contribution in [2.45, 2.75) is 32.8 Å². The molecule has 2 amide bonds. The van der Waals surface area contributed by atoms with Gasteiger partial charge in [0.15, 0.2) is 0 Å². The monoisotopic (exact) mass is 287 g/mol. The SMILES string of the molecule is CC(C)c1cccc(COC(=O)CC2=CC(=O)NC2=O)c1. The molecular weight excluding hydrogens is 270 g/mol.